The summed E-state index contributed by atoms with van der Waals surface area (Å²) in [6.45, 7) is 4.62. The highest BCUT2D eigenvalue weighted by Gasteiger charge is 2.25. The third kappa shape index (κ3) is 3.31. The lowest BCUT2D eigenvalue weighted by Crippen LogP contribution is -2.34. The lowest BCUT2D eigenvalue weighted by molar-refractivity contribution is 0.470. The minimum atomic E-state index is 0.425. The Kier molecular flexibility index (Phi) is 4.63. The maximum atomic E-state index is 5.93. The molecule has 0 bridgehead atoms. The smallest absolute Gasteiger partial charge is 0.152 e. The molecule has 0 spiro atoms. The van der Waals surface area contributed by atoms with Crippen LogP contribution < -0.4 is 4.90 Å². The van der Waals surface area contributed by atoms with Gasteiger partial charge in [-0.15, -0.1) is 10.2 Å². The van der Waals surface area contributed by atoms with Gasteiger partial charge in [0.25, 0.3) is 0 Å². The Labute approximate surface area is 157 Å². The van der Waals surface area contributed by atoms with Crippen LogP contribution in [0.1, 0.15) is 36.2 Å². The van der Waals surface area contributed by atoms with Gasteiger partial charge in [0.1, 0.15) is 17.5 Å². The molecule has 0 unspecified atom stereocenters. The number of aryl methyl sites for hydroxylation is 1. The lowest BCUT2D eigenvalue weighted by Gasteiger charge is -2.32. The number of rotatable bonds is 4. The zero-order chi connectivity index (χ0) is 18.1. The number of aromatic nitrogens is 6. The van der Waals surface area contributed by atoms with Crippen LogP contribution in [0.5, 0.6) is 0 Å². The van der Waals surface area contributed by atoms with E-state index in [0.717, 1.165) is 49.2 Å². The summed E-state index contributed by atoms with van der Waals surface area (Å²) < 4.78 is 4.23. The van der Waals surface area contributed by atoms with E-state index in [4.69, 9.17) is 11.6 Å². The summed E-state index contributed by atoms with van der Waals surface area (Å²) in [5.74, 6) is 4.43. The van der Waals surface area contributed by atoms with E-state index >= 15 is 0 Å². The number of pyridine rings is 1. The molecule has 0 aliphatic carbocycles. The van der Waals surface area contributed by atoms with Crippen molar-refractivity contribution >= 4 is 17.4 Å². The number of anilines is 1. The van der Waals surface area contributed by atoms with E-state index in [-0.39, 0.29) is 0 Å². The molecule has 4 rings (SSSR count). The maximum absolute atomic E-state index is 5.93. The van der Waals surface area contributed by atoms with Gasteiger partial charge in [-0.3, -0.25) is 0 Å². The Hall–Kier alpha value is -2.41. The van der Waals surface area contributed by atoms with Gasteiger partial charge in [0, 0.05) is 44.6 Å². The first-order valence-corrected chi connectivity index (χ1v) is 9.22. The van der Waals surface area contributed by atoms with Crippen molar-refractivity contribution in [1.29, 1.82) is 0 Å². The standard InChI is InChI=1S/C18H22ClN7/c1-13-20-7-10-26(13)12-17-22-23-18(24(17)2)14-5-8-25(9-6-14)16-4-3-15(19)11-21-16/h3-4,7,10-11,14H,5-6,8-9,12H2,1-2H3. The molecule has 26 heavy (non-hydrogen) atoms. The molecule has 1 saturated heterocycles. The summed E-state index contributed by atoms with van der Waals surface area (Å²) in [7, 11) is 2.06. The van der Waals surface area contributed by atoms with Crippen LogP contribution in [0.2, 0.25) is 5.02 Å². The molecule has 0 aromatic carbocycles. The van der Waals surface area contributed by atoms with Crippen molar-refractivity contribution in [3.8, 4) is 0 Å². The van der Waals surface area contributed by atoms with Crippen molar-refractivity contribution in [2.24, 2.45) is 7.05 Å². The van der Waals surface area contributed by atoms with Gasteiger partial charge in [-0.05, 0) is 31.9 Å². The Morgan fingerprint density at radius 2 is 1.96 bits per heavy atom. The first-order valence-electron chi connectivity index (χ1n) is 8.84. The van der Waals surface area contributed by atoms with Gasteiger partial charge in [-0.2, -0.15) is 0 Å². The third-order valence-corrected chi connectivity index (χ3v) is 5.35. The van der Waals surface area contributed by atoms with Gasteiger partial charge in [0.05, 0.1) is 11.6 Å². The first kappa shape index (κ1) is 17.0. The van der Waals surface area contributed by atoms with E-state index in [0.29, 0.717) is 17.5 Å². The summed E-state index contributed by atoms with van der Waals surface area (Å²) in [5.41, 5.74) is 0. The fraction of sp³-hybridized carbons (Fsp3) is 0.444. The minimum absolute atomic E-state index is 0.425. The molecule has 1 aliphatic rings. The molecule has 1 fully saturated rings. The molecular formula is C18H22ClN7. The van der Waals surface area contributed by atoms with Crippen molar-refractivity contribution in [2.45, 2.75) is 32.2 Å². The molecule has 0 radical (unpaired) electrons. The SMILES string of the molecule is Cc1nccn1Cc1nnc(C2CCN(c3ccc(Cl)cn3)CC2)n1C. The van der Waals surface area contributed by atoms with Crippen molar-refractivity contribution in [1.82, 2.24) is 29.3 Å². The van der Waals surface area contributed by atoms with E-state index < -0.39 is 0 Å². The van der Waals surface area contributed by atoms with E-state index in [2.05, 4.69) is 41.2 Å². The average Bonchev–Trinajstić information content (AvgIpc) is 3.22. The van der Waals surface area contributed by atoms with Crippen LogP contribution in [-0.4, -0.2) is 42.4 Å². The second-order valence-electron chi connectivity index (χ2n) is 6.73. The zero-order valence-corrected chi connectivity index (χ0v) is 15.8. The molecule has 0 atom stereocenters. The van der Waals surface area contributed by atoms with Crippen LogP contribution in [0.15, 0.2) is 30.7 Å². The quantitative estimate of drug-likeness (QED) is 0.705. The molecule has 4 heterocycles. The highest BCUT2D eigenvalue weighted by atomic mass is 35.5. The van der Waals surface area contributed by atoms with Gasteiger partial charge in [0.15, 0.2) is 5.82 Å². The van der Waals surface area contributed by atoms with E-state index in [1.165, 1.54) is 0 Å². The van der Waals surface area contributed by atoms with Gasteiger partial charge < -0.3 is 14.0 Å². The minimum Gasteiger partial charge on any atom is -0.357 e. The molecule has 3 aromatic rings. The predicted molar refractivity (Wildman–Crippen MR) is 101 cm³/mol. The molecule has 136 valence electrons. The molecule has 3 aromatic heterocycles. The summed E-state index contributed by atoms with van der Waals surface area (Å²) in [5, 5.41) is 9.57. The molecular weight excluding hydrogens is 350 g/mol. The molecule has 1 aliphatic heterocycles. The van der Waals surface area contributed by atoms with Crippen molar-refractivity contribution in [2.75, 3.05) is 18.0 Å². The van der Waals surface area contributed by atoms with Crippen LogP contribution in [0.25, 0.3) is 0 Å². The predicted octanol–water partition coefficient (Wildman–Crippen LogP) is 2.80. The normalized spacial score (nSPS) is 15.6. The first-order chi connectivity index (χ1) is 12.6. The fourth-order valence-corrected chi connectivity index (χ4v) is 3.63. The number of imidazole rings is 1. The van der Waals surface area contributed by atoms with Crippen LogP contribution in [0.4, 0.5) is 5.82 Å². The van der Waals surface area contributed by atoms with Gasteiger partial charge in [-0.25, -0.2) is 9.97 Å². The molecule has 0 amide bonds. The number of nitrogens with zero attached hydrogens (tertiary/aromatic N) is 7. The van der Waals surface area contributed by atoms with Crippen molar-refractivity contribution in [3.63, 3.8) is 0 Å². The topological polar surface area (TPSA) is 64.7 Å². The summed E-state index contributed by atoms with van der Waals surface area (Å²) in [4.78, 5) is 11.0. The molecule has 8 heteroatoms. The van der Waals surface area contributed by atoms with Crippen LogP contribution in [0, 0.1) is 6.92 Å². The fourth-order valence-electron chi connectivity index (χ4n) is 3.51. The van der Waals surface area contributed by atoms with Crippen molar-refractivity contribution < 1.29 is 0 Å². The Morgan fingerprint density at radius 3 is 2.62 bits per heavy atom. The summed E-state index contributed by atoms with van der Waals surface area (Å²) >= 11 is 5.93. The van der Waals surface area contributed by atoms with Crippen LogP contribution in [0.3, 0.4) is 0 Å². The lowest BCUT2D eigenvalue weighted by atomic mass is 9.96. The highest BCUT2D eigenvalue weighted by Crippen LogP contribution is 2.29. The largest absolute Gasteiger partial charge is 0.357 e. The number of piperidine rings is 1. The molecule has 0 saturated carbocycles. The number of halogens is 1. The molecule has 0 N–H and O–H groups in total. The van der Waals surface area contributed by atoms with E-state index in [1.807, 2.05) is 31.5 Å². The van der Waals surface area contributed by atoms with E-state index in [9.17, 15) is 0 Å². The Balaban J connectivity index is 1.43. The average molecular weight is 372 g/mol. The second kappa shape index (κ2) is 7.07. The van der Waals surface area contributed by atoms with Gasteiger partial charge >= 0.3 is 0 Å². The highest BCUT2D eigenvalue weighted by molar-refractivity contribution is 6.30. The maximum Gasteiger partial charge on any atom is 0.152 e. The van der Waals surface area contributed by atoms with Gasteiger partial charge in [-0.1, -0.05) is 11.6 Å². The second-order valence-corrected chi connectivity index (χ2v) is 7.17. The Bertz CT molecular complexity index is 875. The number of hydrogen-bond acceptors (Lipinski definition) is 5. The van der Waals surface area contributed by atoms with Crippen LogP contribution in [-0.2, 0) is 13.6 Å². The Morgan fingerprint density at radius 1 is 1.15 bits per heavy atom. The summed E-state index contributed by atoms with van der Waals surface area (Å²) in [6.07, 6.45) is 7.57. The number of hydrogen-bond donors (Lipinski definition) is 0. The van der Waals surface area contributed by atoms with Gasteiger partial charge in [0.2, 0.25) is 0 Å². The van der Waals surface area contributed by atoms with Crippen molar-refractivity contribution in [3.05, 3.63) is 53.2 Å². The van der Waals surface area contributed by atoms with E-state index in [1.54, 1.807) is 6.20 Å². The zero-order valence-electron chi connectivity index (χ0n) is 15.0. The van der Waals surface area contributed by atoms with Crippen LogP contribution >= 0.6 is 11.6 Å². The third-order valence-electron chi connectivity index (χ3n) is 5.13. The summed E-state index contributed by atoms with van der Waals surface area (Å²) in [6, 6.07) is 3.87. The molecule has 7 nitrogen and oxygen atoms in total. The monoisotopic (exact) mass is 371 g/mol.